The molecule has 0 atom stereocenters. The number of hydrogen-bond donors (Lipinski definition) is 0. The Bertz CT molecular complexity index is 584. The van der Waals surface area contributed by atoms with Gasteiger partial charge in [0.05, 0.1) is 6.10 Å². The van der Waals surface area contributed by atoms with E-state index in [1.165, 1.54) is 6.26 Å². The van der Waals surface area contributed by atoms with Crippen molar-refractivity contribution in [2.24, 2.45) is 0 Å². The zero-order valence-corrected chi connectivity index (χ0v) is 10.1. The number of carbonyl (C=O) groups is 1. The molecule has 1 aromatic carbocycles. The van der Waals surface area contributed by atoms with E-state index in [1.54, 1.807) is 19.1 Å². The summed E-state index contributed by atoms with van der Waals surface area (Å²) in [4.78, 5) is 16.2. The fourth-order valence-corrected chi connectivity index (χ4v) is 1.70. The third kappa shape index (κ3) is 2.27. The normalized spacial score (nSPS) is 14.5. The van der Waals surface area contributed by atoms with Crippen LogP contribution in [0.2, 0.25) is 0 Å². The fourth-order valence-electron chi connectivity index (χ4n) is 1.70. The van der Waals surface area contributed by atoms with E-state index in [1.807, 2.05) is 12.1 Å². The van der Waals surface area contributed by atoms with Crippen molar-refractivity contribution < 1.29 is 13.9 Å². The van der Waals surface area contributed by atoms with Crippen molar-refractivity contribution >= 4 is 5.78 Å². The molecule has 1 aliphatic carbocycles. The van der Waals surface area contributed by atoms with E-state index in [9.17, 15) is 4.79 Å². The third-order valence-electron chi connectivity index (χ3n) is 2.78. The first-order valence-corrected chi connectivity index (χ1v) is 5.96. The summed E-state index contributed by atoms with van der Waals surface area (Å²) in [7, 11) is 0. The summed E-state index contributed by atoms with van der Waals surface area (Å²) in [5.41, 5.74) is 0.900. The molecule has 1 aromatic heterocycles. The van der Waals surface area contributed by atoms with E-state index in [4.69, 9.17) is 9.15 Å². The van der Waals surface area contributed by atoms with E-state index in [2.05, 4.69) is 4.98 Å². The highest BCUT2D eigenvalue weighted by molar-refractivity contribution is 6.07. The summed E-state index contributed by atoms with van der Waals surface area (Å²) in [6.07, 6.45) is 3.90. The Morgan fingerprint density at radius 2 is 2.28 bits per heavy atom. The minimum atomic E-state index is -0.145. The molecule has 2 aromatic rings. The molecule has 0 bridgehead atoms. The lowest BCUT2D eigenvalue weighted by Gasteiger charge is -2.05. The van der Waals surface area contributed by atoms with Crippen LogP contribution in [0, 0.1) is 6.92 Å². The van der Waals surface area contributed by atoms with E-state index >= 15 is 0 Å². The van der Waals surface area contributed by atoms with Gasteiger partial charge in [-0.25, -0.2) is 4.98 Å². The van der Waals surface area contributed by atoms with Gasteiger partial charge in [-0.15, -0.1) is 0 Å². The Labute approximate surface area is 105 Å². The lowest BCUT2D eigenvalue weighted by Crippen LogP contribution is -2.03. The predicted molar refractivity (Wildman–Crippen MR) is 64.8 cm³/mol. The van der Waals surface area contributed by atoms with Crippen LogP contribution in [0.1, 0.15) is 34.8 Å². The molecule has 1 heterocycles. The zero-order chi connectivity index (χ0) is 12.5. The van der Waals surface area contributed by atoms with E-state index in [0.29, 0.717) is 23.3 Å². The lowest BCUT2D eigenvalue weighted by molar-refractivity contribution is 0.103. The van der Waals surface area contributed by atoms with E-state index < -0.39 is 0 Å². The summed E-state index contributed by atoms with van der Waals surface area (Å²) in [5, 5.41) is 0. The summed E-state index contributed by atoms with van der Waals surface area (Å²) in [6, 6.07) is 7.19. The van der Waals surface area contributed by atoms with Gasteiger partial charge in [0.25, 0.3) is 0 Å². The first-order chi connectivity index (χ1) is 8.72. The van der Waals surface area contributed by atoms with Crippen LogP contribution in [0.5, 0.6) is 5.75 Å². The molecule has 18 heavy (non-hydrogen) atoms. The van der Waals surface area contributed by atoms with Crippen LogP contribution in [0.25, 0.3) is 0 Å². The highest BCUT2D eigenvalue weighted by atomic mass is 16.5. The van der Waals surface area contributed by atoms with Crippen molar-refractivity contribution in [3.8, 4) is 5.75 Å². The highest BCUT2D eigenvalue weighted by Gasteiger charge is 2.24. The Hall–Kier alpha value is -2.10. The number of benzene rings is 1. The van der Waals surface area contributed by atoms with Crippen LogP contribution in [0.3, 0.4) is 0 Å². The quantitative estimate of drug-likeness (QED) is 0.775. The summed E-state index contributed by atoms with van der Waals surface area (Å²) < 4.78 is 10.7. The molecule has 4 heteroatoms. The molecule has 4 nitrogen and oxygen atoms in total. The van der Waals surface area contributed by atoms with Crippen LogP contribution in [-0.4, -0.2) is 16.9 Å². The topological polar surface area (TPSA) is 52.3 Å². The number of oxazole rings is 1. The first kappa shape index (κ1) is 11.0. The highest BCUT2D eigenvalue weighted by Crippen LogP contribution is 2.27. The molecule has 0 unspecified atom stereocenters. The molecule has 1 aliphatic rings. The molecule has 1 fully saturated rings. The first-order valence-electron chi connectivity index (χ1n) is 5.96. The zero-order valence-electron chi connectivity index (χ0n) is 10.1. The molecule has 0 saturated heterocycles. The number of carbonyl (C=O) groups excluding carboxylic acids is 1. The number of aryl methyl sites for hydroxylation is 1. The van der Waals surface area contributed by atoms with Gasteiger partial charge in [0.1, 0.15) is 17.7 Å². The second-order valence-corrected chi connectivity index (χ2v) is 4.43. The number of hydrogen-bond acceptors (Lipinski definition) is 4. The maximum atomic E-state index is 12.1. The van der Waals surface area contributed by atoms with Crippen molar-refractivity contribution in [3.63, 3.8) is 0 Å². The molecule has 0 spiro atoms. The van der Waals surface area contributed by atoms with Gasteiger partial charge in [-0.3, -0.25) is 4.79 Å². The summed E-state index contributed by atoms with van der Waals surface area (Å²) in [5.74, 6) is 1.08. The van der Waals surface area contributed by atoms with Gasteiger partial charge in [-0.05, 0) is 25.0 Å². The maximum Gasteiger partial charge on any atom is 0.214 e. The van der Waals surface area contributed by atoms with E-state index in [-0.39, 0.29) is 5.78 Å². The molecule has 0 amide bonds. The van der Waals surface area contributed by atoms with Gasteiger partial charge in [-0.1, -0.05) is 12.1 Å². The van der Waals surface area contributed by atoms with Crippen molar-refractivity contribution in [2.75, 3.05) is 0 Å². The van der Waals surface area contributed by atoms with E-state index in [0.717, 1.165) is 18.6 Å². The minimum Gasteiger partial charge on any atom is -0.490 e. The van der Waals surface area contributed by atoms with Crippen LogP contribution in [0.15, 0.2) is 34.9 Å². The van der Waals surface area contributed by atoms with Crippen molar-refractivity contribution in [1.29, 1.82) is 0 Å². The number of rotatable bonds is 4. The summed E-state index contributed by atoms with van der Waals surface area (Å²) in [6.45, 7) is 1.71. The molecule has 92 valence electrons. The average Bonchev–Trinajstić information content (AvgIpc) is 3.08. The van der Waals surface area contributed by atoms with Gasteiger partial charge in [0.2, 0.25) is 5.78 Å². The molecule has 3 rings (SSSR count). The average molecular weight is 243 g/mol. The maximum absolute atomic E-state index is 12.1. The van der Waals surface area contributed by atoms with Crippen LogP contribution in [0.4, 0.5) is 0 Å². The number of ketones is 1. The Morgan fingerprint density at radius 3 is 2.94 bits per heavy atom. The molecule has 0 N–H and O–H groups in total. The molecular formula is C14H13NO3. The number of nitrogens with zero attached hydrogens (tertiary/aromatic N) is 1. The molecule has 0 radical (unpaired) electrons. The van der Waals surface area contributed by atoms with Crippen molar-refractivity contribution in [1.82, 2.24) is 4.98 Å². The van der Waals surface area contributed by atoms with Crippen molar-refractivity contribution in [3.05, 3.63) is 47.7 Å². The van der Waals surface area contributed by atoms with Gasteiger partial charge in [-0.2, -0.15) is 0 Å². The molecule has 1 saturated carbocycles. The smallest absolute Gasteiger partial charge is 0.214 e. The van der Waals surface area contributed by atoms with Crippen LogP contribution < -0.4 is 4.74 Å². The number of ether oxygens (including phenoxy) is 1. The Morgan fingerprint density at radius 1 is 1.44 bits per heavy atom. The SMILES string of the molecule is Cc1nc(C(=O)c2cccc(OC3CC3)c2)co1. The van der Waals surface area contributed by atoms with Gasteiger partial charge >= 0.3 is 0 Å². The second kappa shape index (κ2) is 4.29. The number of aromatic nitrogens is 1. The minimum absolute atomic E-state index is 0.145. The lowest BCUT2D eigenvalue weighted by atomic mass is 10.1. The third-order valence-corrected chi connectivity index (χ3v) is 2.78. The van der Waals surface area contributed by atoms with Gasteiger partial charge in [0, 0.05) is 12.5 Å². The summed E-state index contributed by atoms with van der Waals surface area (Å²) >= 11 is 0. The Balaban J connectivity index is 1.84. The largest absolute Gasteiger partial charge is 0.490 e. The Kier molecular flexibility index (Phi) is 2.63. The standard InChI is InChI=1S/C14H13NO3/c1-9-15-13(8-17-9)14(16)10-3-2-4-12(7-10)18-11-5-6-11/h2-4,7-8,11H,5-6H2,1H3. The molecule has 0 aliphatic heterocycles. The fraction of sp³-hybridized carbons (Fsp3) is 0.286. The van der Waals surface area contributed by atoms with Crippen LogP contribution in [-0.2, 0) is 0 Å². The molecular weight excluding hydrogens is 230 g/mol. The monoisotopic (exact) mass is 243 g/mol. The van der Waals surface area contributed by atoms with Crippen LogP contribution >= 0.6 is 0 Å². The van der Waals surface area contributed by atoms with Crippen molar-refractivity contribution in [2.45, 2.75) is 25.9 Å². The second-order valence-electron chi connectivity index (χ2n) is 4.43. The van der Waals surface area contributed by atoms with Gasteiger partial charge in [0.15, 0.2) is 5.89 Å². The van der Waals surface area contributed by atoms with Gasteiger partial charge < -0.3 is 9.15 Å². The predicted octanol–water partition coefficient (Wildman–Crippen LogP) is 2.76.